The molecule has 0 aromatic heterocycles. The number of carbonyl (C=O) groups is 2. The van der Waals surface area contributed by atoms with Crippen LogP contribution in [0, 0.1) is 12.8 Å². The molecular weight excluding hydrogens is 347 g/mol. The van der Waals surface area contributed by atoms with Crippen LogP contribution in [-0.2, 0) is 9.59 Å². The van der Waals surface area contributed by atoms with Crippen molar-refractivity contribution in [3.8, 4) is 0 Å². The van der Waals surface area contributed by atoms with Crippen molar-refractivity contribution in [3.05, 3.63) is 58.1 Å². The molecule has 1 aliphatic rings. The Kier molecular flexibility index (Phi) is 4.78. The van der Waals surface area contributed by atoms with Gasteiger partial charge in [-0.1, -0.05) is 40.9 Å². The summed E-state index contributed by atoms with van der Waals surface area (Å²) in [7, 11) is 0. The van der Waals surface area contributed by atoms with Gasteiger partial charge in [0.25, 0.3) is 0 Å². The summed E-state index contributed by atoms with van der Waals surface area (Å²) in [6.45, 7) is 2.29. The van der Waals surface area contributed by atoms with Crippen LogP contribution in [-0.4, -0.2) is 18.4 Å². The molecule has 1 N–H and O–H groups in total. The van der Waals surface area contributed by atoms with E-state index in [-0.39, 0.29) is 18.2 Å². The maximum absolute atomic E-state index is 12.4. The lowest BCUT2D eigenvalue weighted by atomic mass is 10.1. The average molecular weight is 363 g/mol. The number of hydrogen-bond acceptors (Lipinski definition) is 2. The van der Waals surface area contributed by atoms with Gasteiger partial charge in [0.1, 0.15) is 0 Å². The van der Waals surface area contributed by atoms with Gasteiger partial charge in [-0.3, -0.25) is 9.59 Å². The maximum Gasteiger partial charge on any atom is 0.229 e. The molecule has 3 rings (SSSR count). The molecule has 2 amide bonds. The number of halogens is 2. The van der Waals surface area contributed by atoms with Crippen molar-refractivity contribution in [2.24, 2.45) is 5.92 Å². The highest BCUT2D eigenvalue weighted by Gasteiger charge is 2.35. The third-order valence-electron chi connectivity index (χ3n) is 3.97. The van der Waals surface area contributed by atoms with Gasteiger partial charge in [-0.25, -0.2) is 0 Å². The number of nitrogens with zero attached hydrogens (tertiary/aromatic N) is 1. The topological polar surface area (TPSA) is 49.4 Å². The summed E-state index contributed by atoms with van der Waals surface area (Å²) in [5.74, 6) is -0.684. The summed E-state index contributed by atoms with van der Waals surface area (Å²) in [5.41, 5.74) is 2.46. The fourth-order valence-corrected chi connectivity index (χ4v) is 3.22. The van der Waals surface area contributed by atoms with E-state index in [1.165, 1.54) is 0 Å². The van der Waals surface area contributed by atoms with E-state index >= 15 is 0 Å². The van der Waals surface area contributed by atoms with Crippen molar-refractivity contribution in [2.45, 2.75) is 13.3 Å². The van der Waals surface area contributed by atoms with Crippen LogP contribution in [0.1, 0.15) is 12.0 Å². The van der Waals surface area contributed by atoms with Crippen molar-refractivity contribution in [1.29, 1.82) is 0 Å². The first-order chi connectivity index (χ1) is 11.4. The lowest BCUT2D eigenvalue weighted by molar-refractivity contribution is -0.122. The van der Waals surface area contributed by atoms with Gasteiger partial charge >= 0.3 is 0 Å². The first-order valence-electron chi connectivity index (χ1n) is 7.56. The van der Waals surface area contributed by atoms with Gasteiger partial charge in [-0.2, -0.15) is 0 Å². The Hall–Kier alpha value is -2.04. The summed E-state index contributed by atoms with van der Waals surface area (Å²) < 4.78 is 0. The minimum absolute atomic E-state index is 0.114. The Morgan fingerprint density at radius 3 is 2.38 bits per heavy atom. The molecule has 2 aromatic carbocycles. The predicted molar refractivity (Wildman–Crippen MR) is 96.7 cm³/mol. The highest BCUT2D eigenvalue weighted by atomic mass is 35.5. The van der Waals surface area contributed by atoms with Gasteiger partial charge in [0.2, 0.25) is 11.8 Å². The average Bonchev–Trinajstić information content (AvgIpc) is 2.91. The van der Waals surface area contributed by atoms with E-state index in [1.807, 2.05) is 31.2 Å². The van der Waals surface area contributed by atoms with Crippen molar-refractivity contribution < 1.29 is 9.59 Å². The zero-order valence-corrected chi connectivity index (χ0v) is 14.6. The molecule has 1 unspecified atom stereocenters. The van der Waals surface area contributed by atoms with Crippen LogP contribution in [0.5, 0.6) is 0 Å². The summed E-state index contributed by atoms with van der Waals surface area (Å²) in [6.07, 6.45) is 0.168. The standard InChI is InChI=1S/C18H16Cl2N2O2/c1-11-2-4-15(5-3-11)21-18(24)12-6-17(23)22(10-12)16-8-13(19)7-14(20)9-16/h2-5,7-9,12H,6,10H2,1H3,(H,21,24). The number of carbonyl (C=O) groups excluding carboxylic acids is 2. The minimum Gasteiger partial charge on any atom is -0.326 e. The largest absolute Gasteiger partial charge is 0.326 e. The normalized spacial score (nSPS) is 17.2. The Balaban J connectivity index is 1.71. The fraction of sp³-hybridized carbons (Fsp3) is 0.222. The molecule has 1 aliphatic heterocycles. The number of hydrogen-bond donors (Lipinski definition) is 1. The molecule has 24 heavy (non-hydrogen) atoms. The Morgan fingerprint density at radius 1 is 1.12 bits per heavy atom. The molecule has 1 heterocycles. The molecule has 0 radical (unpaired) electrons. The number of benzene rings is 2. The summed E-state index contributed by atoms with van der Waals surface area (Å²) >= 11 is 12.0. The van der Waals surface area contributed by atoms with Gasteiger partial charge in [0.05, 0.1) is 5.92 Å². The summed E-state index contributed by atoms with van der Waals surface area (Å²) in [5, 5.41) is 3.77. The van der Waals surface area contributed by atoms with Gasteiger partial charge in [-0.05, 0) is 37.3 Å². The van der Waals surface area contributed by atoms with Crippen LogP contribution in [0.2, 0.25) is 10.0 Å². The molecule has 1 atom stereocenters. The van der Waals surface area contributed by atoms with Crippen molar-refractivity contribution >= 4 is 46.4 Å². The molecule has 0 bridgehead atoms. The first-order valence-corrected chi connectivity index (χ1v) is 8.32. The molecule has 1 saturated heterocycles. The minimum atomic E-state index is -0.406. The van der Waals surface area contributed by atoms with Crippen molar-refractivity contribution in [3.63, 3.8) is 0 Å². The molecule has 4 nitrogen and oxygen atoms in total. The number of anilines is 2. The lowest BCUT2D eigenvalue weighted by Crippen LogP contribution is -2.28. The lowest BCUT2D eigenvalue weighted by Gasteiger charge is -2.17. The van der Waals surface area contributed by atoms with E-state index in [9.17, 15) is 9.59 Å². The van der Waals surface area contributed by atoms with Crippen LogP contribution in [0.4, 0.5) is 11.4 Å². The quantitative estimate of drug-likeness (QED) is 0.884. The van der Waals surface area contributed by atoms with E-state index < -0.39 is 5.92 Å². The molecule has 2 aromatic rings. The van der Waals surface area contributed by atoms with E-state index in [1.54, 1.807) is 23.1 Å². The van der Waals surface area contributed by atoms with Crippen LogP contribution < -0.4 is 10.2 Å². The van der Waals surface area contributed by atoms with Crippen LogP contribution >= 0.6 is 23.2 Å². The highest BCUT2D eigenvalue weighted by molar-refractivity contribution is 6.35. The number of rotatable bonds is 3. The molecular formula is C18H16Cl2N2O2. The van der Waals surface area contributed by atoms with Gasteiger partial charge in [-0.15, -0.1) is 0 Å². The number of amides is 2. The Morgan fingerprint density at radius 2 is 1.75 bits per heavy atom. The predicted octanol–water partition coefficient (Wildman–Crippen LogP) is 4.29. The Bertz CT molecular complexity index is 770. The first kappa shape index (κ1) is 16.8. The smallest absolute Gasteiger partial charge is 0.229 e. The molecule has 124 valence electrons. The summed E-state index contributed by atoms with van der Waals surface area (Å²) in [4.78, 5) is 26.2. The second kappa shape index (κ2) is 6.83. The van der Waals surface area contributed by atoms with E-state index in [0.29, 0.717) is 22.3 Å². The maximum atomic E-state index is 12.4. The zero-order chi connectivity index (χ0) is 17.3. The van der Waals surface area contributed by atoms with E-state index in [2.05, 4.69) is 5.32 Å². The van der Waals surface area contributed by atoms with Crippen LogP contribution in [0.3, 0.4) is 0 Å². The third-order valence-corrected chi connectivity index (χ3v) is 4.41. The Labute approximate surface area is 150 Å². The second-order valence-electron chi connectivity index (χ2n) is 5.89. The fourth-order valence-electron chi connectivity index (χ4n) is 2.71. The van der Waals surface area contributed by atoms with E-state index in [4.69, 9.17) is 23.2 Å². The van der Waals surface area contributed by atoms with Gasteiger partial charge < -0.3 is 10.2 Å². The highest BCUT2D eigenvalue weighted by Crippen LogP contribution is 2.30. The van der Waals surface area contributed by atoms with Crippen molar-refractivity contribution in [2.75, 3.05) is 16.8 Å². The molecule has 6 heteroatoms. The van der Waals surface area contributed by atoms with Crippen molar-refractivity contribution in [1.82, 2.24) is 0 Å². The molecule has 0 aliphatic carbocycles. The number of aryl methyl sites for hydroxylation is 1. The second-order valence-corrected chi connectivity index (χ2v) is 6.76. The van der Waals surface area contributed by atoms with Crippen LogP contribution in [0.15, 0.2) is 42.5 Å². The summed E-state index contributed by atoms with van der Waals surface area (Å²) in [6, 6.07) is 12.5. The third kappa shape index (κ3) is 3.71. The monoisotopic (exact) mass is 362 g/mol. The molecule has 0 saturated carbocycles. The number of nitrogens with one attached hydrogen (secondary N) is 1. The van der Waals surface area contributed by atoms with Gasteiger partial charge in [0, 0.05) is 34.4 Å². The van der Waals surface area contributed by atoms with Crippen LogP contribution in [0.25, 0.3) is 0 Å². The zero-order valence-electron chi connectivity index (χ0n) is 13.1. The van der Waals surface area contributed by atoms with Gasteiger partial charge in [0.15, 0.2) is 0 Å². The molecule has 1 fully saturated rings. The van der Waals surface area contributed by atoms with E-state index in [0.717, 1.165) is 11.3 Å². The SMILES string of the molecule is Cc1ccc(NC(=O)C2CC(=O)N(c3cc(Cl)cc(Cl)c3)C2)cc1. The molecule has 0 spiro atoms.